The summed E-state index contributed by atoms with van der Waals surface area (Å²) in [5.41, 5.74) is 5.44. The van der Waals surface area contributed by atoms with Crippen LogP contribution < -0.4 is 0 Å². The summed E-state index contributed by atoms with van der Waals surface area (Å²) in [6, 6.07) is 8.20. The predicted molar refractivity (Wildman–Crippen MR) is 94.6 cm³/mol. The fourth-order valence-electron chi connectivity index (χ4n) is 3.75. The van der Waals surface area contributed by atoms with Crippen molar-refractivity contribution in [3.8, 4) is 0 Å². The molecule has 24 heavy (non-hydrogen) atoms. The van der Waals surface area contributed by atoms with Crippen LogP contribution in [0.1, 0.15) is 57.1 Å². The van der Waals surface area contributed by atoms with E-state index < -0.39 is 0 Å². The molecule has 0 fully saturated rings. The van der Waals surface area contributed by atoms with E-state index in [0.717, 1.165) is 30.8 Å². The third kappa shape index (κ3) is 2.82. The van der Waals surface area contributed by atoms with Gasteiger partial charge in [-0.05, 0) is 50.8 Å². The second-order valence-corrected chi connectivity index (χ2v) is 6.71. The van der Waals surface area contributed by atoms with E-state index in [0.29, 0.717) is 11.3 Å². The highest BCUT2D eigenvalue weighted by Gasteiger charge is 2.29. The number of carbonyl (C=O) groups excluding carboxylic acids is 2. The van der Waals surface area contributed by atoms with E-state index >= 15 is 0 Å². The maximum Gasteiger partial charge on any atom is 0.196 e. The Hall–Kier alpha value is -2.20. The van der Waals surface area contributed by atoms with Crippen molar-refractivity contribution in [3.63, 3.8) is 0 Å². The summed E-state index contributed by atoms with van der Waals surface area (Å²) in [5, 5.41) is 0. The molecule has 2 heterocycles. The highest BCUT2D eigenvalue weighted by Crippen LogP contribution is 2.24. The lowest BCUT2D eigenvalue weighted by Gasteiger charge is -2.32. The molecule has 0 unspecified atom stereocenters. The molecule has 4 nitrogen and oxygen atoms in total. The second-order valence-electron chi connectivity index (χ2n) is 6.71. The Balaban J connectivity index is 1.84. The summed E-state index contributed by atoms with van der Waals surface area (Å²) < 4.78 is 0. The molecule has 3 rings (SSSR count). The van der Waals surface area contributed by atoms with Gasteiger partial charge < -0.3 is 4.98 Å². The molecule has 1 aliphatic rings. The van der Waals surface area contributed by atoms with Crippen molar-refractivity contribution in [3.05, 3.63) is 57.9 Å². The van der Waals surface area contributed by atoms with E-state index in [9.17, 15) is 9.59 Å². The second kappa shape index (κ2) is 6.36. The van der Waals surface area contributed by atoms with Gasteiger partial charge in [0, 0.05) is 24.3 Å². The molecule has 0 bridgehead atoms. The van der Waals surface area contributed by atoms with E-state index in [1.54, 1.807) is 6.92 Å². The number of benzene rings is 1. The summed E-state index contributed by atoms with van der Waals surface area (Å²) in [5.74, 6) is 0.0577. The van der Waals surface area contributed by atoms with Crippen LogP contribution in [0.3, 0.4) is 0 Å². The van der Waals surface area contributed by atoms with E-state index in [4.69, 9.17) is 0 Å². The van der Waals surface area contributed by atoms with Crippen LogP contribution in [0.25, 0.3) is 0 Å². The maximum atomic E-state index is 13.0. The molecular weight excluding hydrogens is 300 g/mol. The molecule has 4 heteroatoms. The van der Waals surface area contributed by atoms with Crippen LogP contribution in [-0.2, 0) is 13.0 Å². The zero-order valence-electron chi connectivity index (χ0n) is 14.8. The Bertz CT molecular complexity index is 804. The molecular formula is C20H24N2O2. The fourth-order valence-corrected chi connectivity index (χ4v) is 3.75. The number of H-pyrrole nitrogens is 1. The first-order valence-electron chi connectivity index (χ1n) is 8.45. The van der Waals surface area contributed by atoms with Crippen LogP contribution in [0, 0.1) is 13.8 Å². The minimum atomic E-state index is -0.213. The van der Waals surface area contributed by atoms with Gasteiger partial charge in [0.15, 0.2) is 11.6 Å². The van der Waals surface area contributed by atoms with Gasteiger partial charge >= 0.3 is 0 Å². The highest BCUT2D eigenvalue weighted by molar-refractivity contribution is 6.05. The topological polar surface area (TPSA) is 53.2 Å². The molecule has 1 aliphatic heterocycles. The molecule has 0 saturated heterocycles. The number of aromatic nitrogens is 1. The molecule has 0 amide bonds. The summed E-state index contributed by atoms with van der Waals surface area (Å²) in [4.78, 5) is 30.1. The number of aromatic amines is 1. The minimum absolute atomic E-state index is 0.000136. The molecule has 1 N–H and O–H groups in total. The number of Topliss-reactive ketones (excluding diaryl/α,β-unsaturated/α-hetero) is 2. The Labute approximate surface area is 142 Å². The predicted octanol–water partition coefficient (Wildman–Crippen LogP) is 3.46. The van der Waals surface area contributed by atoms with Gasteiger partial charge in [-0.2, -0.15) is 0 Å². The van der Waals surface area contributed by atoms with Gasteiger partial charge in [-0.15, -0.1) is 0 Å². The average molecular weight is 324 g/mol. The smallest absolute Gasteiger partial charge is 0.196 e. The lowest BCUT2D eigenvalue weighted by Crippen LogP contribution is -2.42. The van der Waals surface area contributed by atoms with E-state index in [1.807, 2.05) is 26.8 Å². The first-order valence-corrected chi connectivity index (χ1v) is 8.45. The first-order chi connectivity index (χ1) is 11.4. The number of hydrogen-bond acceptors (Lipinski definition) is 3. The van der Waals surface area contributed by atoms with Crippen molar-refractivity contribution in [2.45, 2.75) is 46.7 Å². The Kier molecular flexibility index (Phi) is 4.41. The van der Waals surface area contributed by atoms with Gasteiger partial charge in [-0.3, -0.25) is 14.5 Å². The van der Waals surface area contributed by atoms with Crippen molar-refractivity contribution in [1.29, 1.82) is 0 Å². The number of carbonyl (C=O) groups is 2. The zero-order valence-corrected chi connectivity index (χ0v) is 14.8. The average Bonchev–Trinajstić information content (AvgIpc) is 2.87. The molecule has 0 spiro atoms. The first kappa shape index (κ1) is 16.7. The molecule has 1 atom stereocenters. The van der Waals surface area contributed by atoms with Crippen molar-refractivity contribution in [2.24, 2.45) is 0 Å². The normalized spacial score (nSPS) is 15.8. The van der Waals surface area contributed by atoms with Gasteiger partial charge in [0.1, 0.15) is 0 Å². The number of fused-ring (bicyclic) bond motifs is 1. The number of rotatable bonds is 4. The van der Waals surface area contributed by atoms with Crippen LogP contribution >= 0.6 is 0 Å². The SMILES string of the molecule is CC(=O)c1c(C)[nH]c(C(=O)[C@H](C)N2CCc3ccccc3C2)c1C. The van der Waals surface area contributed by atoms with Crippen LogP contribution in [0.15, 0.2) is 24.3 Å². The van der Waals surface area contributed by atoms with E-state index in [1.165, 1.54) is 11.1 Å². The largest absolute Gasteiger partial charge is 0.355 e. The van der Waals surface area contributed by atoms with Crippen LogP contribution in [0.5, 0.6) is 0 Å². The van der Waals surface area contributed by atoms with Crippen LogP contribution in [0.4, 0.5) is 0 Å². The highest BCUT2D eigenvalue weighted by atomic mass is 16.1. The number of hydrogen-bond donors (Lipinski definition) is 1. The molecule has 1 aromatic heterocycles. The summed E-state index contributed by atoms with van der Waals surface area (Å²) >= 11 is 0. The van der Waals surface area contributed by atoms with Crippen LogP contribution in [-0.4, -0.2) is 34.0 Å². The van der Waals surface area contributed by atoms with Gasteiger partial charge in [0.05, 0.1) is 11.7 Å². The quantitative estimate of drug-likeness (QED) is 0.876. The minimum Gasteiger partial charge on any atom is -0.355 e. The Morgan fingerprint density at radius 2 is 1.83 bits per heavy atom. The van der Waals surface area contributed by atoms with Crippen molar-refractivity contribution in [2.75, 3.05) is 6.54 Å². The molecule has 1 aromatic carbocycles. The number of nitrogens with one attached hydrogen (secondary N) is 1. The van der Waals surface area contributed by atoms with Gasteiger partial charge in [-0.1, -0.05) is 24.3 Å². The van der Waals surface area contributed by atoms with Gasteiger partial charge in [0.2, 0.25) is 0 Å². The lowest BCUT2D eigenvalue weighted by atomic mass is 9.96. The Morgan fingerprint density at radius 1 is 1.17 bits per heavy atom. The zero-order chi connectivity index (χ0) is 17.4. The molecule has 2 aromatic rings. The monoisotopic (exact) mass is 324 g/mol. The molecule has 126 valence electrons. The fraction of sp³-hybridized carbons (Fsp3) is 0.400. The van der Waals surface area contributed by atoms with Crippen molar-refractivity contribution < 1.29 is 9.59 Å². The van der Waals surface area contributed by atoms with E-state index in [-0.39, 0.29) is 17.6 Å². The van der Waals surface area contributed by atoms with Crippen LogP contribution in [0.2, 0.25) is 0 Å². The molecule has 0 radical (unpaired) electrons. The maximum absolute atomic E-state index is 13.0. The third-order valence-electron chi connectivity index (χ3n) is 5.12. The van der Waals surface area contributed by atoms with Gasteiger partial charge in [-0.25, -0.2) is 0 Å². The summed E-state index contributed by atoms with van der Waals surface area (Å²) in [7, 11) is 0. The lowest BCUT2D eigenvalue weighted by molar-refractivity contribution is 0.0814. The standard InChI is InChI=1S/C20H24N2O2/c1-12-18(15(4)23)13(2)21-19(12)20(24)14(3)22-10-9-16-7-5-6-8-17(16)11-22/h5-8,14,21H,9-11H2,1-4H3/t14-/m0/s1. The number of nitrogens with zero attached hydrogens (tertiary/aromatic N) is 1. The molecule has 0 aliphatic carbocycles. The molecule has 0 saturated carbocycles. The van der Waals surface area contributed by atoms with E-state index in [2.05, 4.69) is 28.1 Å². The summed E-state index contributed by atoms with van der Waals surface area (Å²) in [6.07, 6.45) is 0.967. The summed E-state index contributed by atoms with van der Waals surface area (Å²) in [6.45, 7) is 8.87. The number of ketones is 2. The van der Waals surface area contributed by atoms with Crippen molar-refractivity contribution in [1.82, 2.24) is 9.88 Å². The third-order valence-corrected chi connectivity index (χ3v) is 5.12. The van der Waals surface area contributed by atoms with Crippen molar-refractivity contribution >= 4 is 11.6 Å². The number of aryl methyl sites for hydroxylation is 1. The Morgan fingerprint density at radius 3 is 2.46 bits per heavy atom. The van der Waals surface area contributed by atoms with Gasteiger partial charge in [0.25, 0.3) is 0 Å².